The lowest BCUT2D eigenvalue weighted by Gasteiger charge is -2.31. The minimum absolute atomic E-state index is 0.0582. The first-order valence-electron chi connectivity index (χ1n) is 9.44. The molecule has 0 saturated carbocycles. The molecule has 0 heterocycles. The smallest absolute Gasteiger partial charge is 0.244 e. The fraction of sp³-hybridized carbons (Fsp3) is 0.333. The number of amides is 2. The van der Waals surface area contributed by atoms with Crippen molar-refractivity contribution in [2.24, 2.45) is 0 Å². The van der Waals surface area contributed by atoms with E-state index < -0.39 is 34.4 Å². The number of hydrogen-bond acceptors (Lipinski definition) is 4. The van der Waals surface area contributed by atoms with Gasteiger partial charge in [0.1, 0.15) is 12.6 Å². The molecule has 2 rings (SSSR count). The molecule has 7 nitrogen and oxygen atoms in total. The summed E-state index contributed by atoms with van der Waals surface area (Å²) >= 11 is 12.5. The van der Waals surface area contributed by atoms with Gasteiger partial charge in [-0.3, -0.25) is 13.9 Å². The third kappa shape index (κ3) is 6.35. The second-order valence-corrected chi connectivity index (χ2v) is 9.84. The van der Waals surface area contributed by atoms with Crippen molar-refractivity contribution in [3.8, 4) is 0 Å². The lowest BCUT2D eigenvalue weighted by Crippen LogP contribution is -2.50. The molecule has 0 aromatic heterocycles. The van der Waals surface area contributed by atoms with Crippen molar-refractivity contribution in [1.29, 1.82) is 0 Å². The fourth-order valence-electron chi connectivity index (χ4n) is 3.04. The van der Waals surface area contributed by atoms with Crippen molar-refractivity contribution < 1.29 is 18.0 Å². The predicted molar refractivity (Wildman–Crippen MR) is 124 cm³/mol. The third-order valence-corrected chi connectivity index (χ3v) is 6.62. The van der Waals surface area contributed by atoms with Gasteiger partial charge in [-0.1, -0.05) is 41.4 Å². The number of aryl methyl sites for hydroxylation is 1. The number of likely N-dealkylation sites (N-methyl/N-ethyl adjacent to an activating group) is 1. The topological polar surface area (TPSA) is 86.8 Å². The quantitative estimate of drug-likeness (QED) is 0.621. The van der Waals surface area contributed by atoms with E-state index in [-0.39, 0.29) is 6.54 Å². The Kier molecular flexibility index (Phi) is 8.34. The molecule has 0 saturated heterocycles. The number of hydrogen-bond donors (Lipinski definition) is 1. The van der Waals surface area contributed by atoms with Crippen LogP contribution in [0.2, 0.25) is 10.0 Å². The number of benzene rings is 2. The molecule has 2 aromatic carbocycles. The highest BCUT2D eigenvalue weighted by Gasteiger charge is 2.30. The summed E-state index contributed by atoms with van der Waals surface area (Å²) in [5.41, 5.74) is 1.67. The highest BCUT2D eigenvalue weighted by molar-refractivity contribution is 7.92. The van der Waals surface area contributed by atoms with Crippen molar-refractivity contribution in [2.45, 2.75) is 26.4 Å². The molecule has 10 heteroatoms. The number of sulfonamides is 1. The number of carbonyl (C=O) groups is 2. The molecule has 1 unspecified atom stereocenters. The second kappa shape index (κ2) is 10.3. The minimum Gasteiger partial charge on any atom is -0.357 e. The van der Waals surface area contributed by atoms with Crippen LogP contribution in [0, 0.1) is 6.92 Å². The van der Waals surface area contributed by atoms with Gasteiger partial charge < -0.3 is 10.2 Å². The molecule has 2 amide bonds. The molecule has 31 heavy (non-hydrogen) atoms. The molecule has 0 aliphatic rings. The van der Waals surface area contributed by atoms with Gasteiger partial charge in [0.15, 0.2) is 0 Å². The molecule has 0 aliphatic heterocycles. The summed E-state index contributed by atoms with van der Waals surface area (Å²) in [6, 6.07) is 10.9. The number of carbonyl (C=O) groups excluding carboxylic acids is 2. The van der Waals surface area contributed by atoms with E-state index in [4.69, 9.17) is 23.2 Å². The molecule has 0 radical (unpaired) electrons. The Hall–Kier alpha value is -2.29. The maximum atomic E-state index is 13.3. The molecule has 0 bridgehead atoms. The average molecular weight is 486 g/mol. The highest BCUT2D eigenvalue weighted by atomic mass is 35.5. The van der Waals surface area contributed by atoms with Crippen LogP contribution >= 0.6 is 23.2 Å². The number of nitrogens with zero attached hydrogens (tertiary/aromatic N) is 2. The third-order valence-electron chi connectivity index (χ3n) is 4.77. The summed E-state index contributed by atoms with van der Waals surface area (Å²) in [4.78, 5) is 26.9. The van der Waals surface area contributed by atoms with Gasteiger partial charge in [0, 0.05) is 29.2 Å². The molecular formula is C21H25Cl2N3O4S. The van der Waals surface area contributed by atoms with Crippen LogP contribution in [0.3, 0.4) is 0 Å². The van der Waals surface area contributed by atoms with E-state index in [0.717, 1.165) is 16.1 Å². The number of anilines is 1. The number of halogens is 2. The average Bonchev–Trinajstić information content (AvgIpc) is 2.69. The largest absolute Gasteiger partial charge is 0.357 e. The van der Waals surface area contributed by atoms with E-state index in [0.29, 0.717) is 21.3 Å². The van der Waals surface area contributed by atoms with Crippen molar-refractivity contribution in [3.05, 3.63) is 63.6 Å². The van der Waals surface area contributed by atoms with Gasteiger partial charge in [0.2, 0.25) is 21.8 Å². The van der Waals surface area contributed by atoms with Crippen LogP contribution in [0.15, 0.2) is 42.5 Å². The SMILES string of the molecule is CNC(=O)C(C)N(Cc1c(Cl)cccc1Cl)C(=O)CN(c1cccc(C)c1)S(C)(=O)=O. The summed E-state index contributed by atoms with van der Waals surface area (Å²) in [6.07, 6.45) is 1.03. The lowest BCUT2D eigenvalue weighted by molar-refractivity contribution is -0.139. The van der Waals surface area contributed by atoms with Crippen LogP contribution in [-0.2, 0) is 26.2 Å². The molecule has 168 valence electrons. The van der Waals surface area contributed by atoms with Crippen LogP contribution in [0.1, 0.15) is 18.1 Å². The molecule has 2 aromatic rings. The zero-order valence-corrected chi connectivity index (χ0v) is 20.1. The number of rotatable bonds is 8. The van der Waals surface area contributed by atoms with Gasteiger partial charge in [-0.25, -0.2) is 8.42 Å². The van der Waals surface area contributed by atoms with Crippen molar-refractivity contribution in [2.75, 3.05) is 24.2 Å². The van der Waals surface area contributed by atoms with Crippen molar-refractivity contribution in [3.63, 3.8) is 0 Å². The summed E-state index contributed by atoms with van der Waals surface area (Å²) in [5.74, 6) is -0.975. The first-order valence-corrected chi connectivity index (χ1v) is 12.0. The first-order chi connectivity index (χ1) is 14.5. The van der Waals surface area contributed by atoms with Gasteiger partial charge in [0.05, 0.1) is 11.9 Å². The summed E-state index contributed by atoms with van der Waals surface area (Å²) in [6.45, 7) is 2.84. The van der Waals surface area contributed by atoms with Crippen molar-refractivity contribution >= 4 is 50.7 Å². The Labute approximate surface area is 193 Å². The van der Waals surface area contributed by atoms with Crippen LogP contribution in [0.25, 0.3) is 0 Å². The van der Waals surface area contributed by atoms with Crippen LogP contribution in [-0.4, -0.2) is 51.0 Å². The molecule has 0 fully saturated rings. The predicted octanol–water partition coefficient (Wildman–Crippen LogP) is 3.23. The van der Waals surface area contributed by atoms with Gasteiger partial charge in [-0.15, -0.1) is 0 Å². The fourth-order valence-corrected chi connectivity index (χ4v) is 4.40. The van der Waals surface area contributed by atoms with Gasteiger partial charge in [0.25, 0.3) is 0 Å². The van der Waals surface area contributed by atoms with Gasteiger partial charge >= 0.3 is 0 Å². The summed E-state index contributed by atoms with van der Waals surface area (Å²) in [7, 11) is -2.31. The Balaban J connectivity index is 2.44. The Morgan fingerprint density at radius 2 is 1.68 bits per heavy atom. The molecule has 1 atom stereocenters. The van der Waals surface area contributed by atoms with E-state index in [1.165, 1.54) is 11.9 Å². The van der Waals surface area contributed by atoms with E-state index in [2.05, 4.69) is 5.32 Å². The molecular weight excluding hydrogens is 461 g/mol. The molecule has 0 aliphatic carbocycles. The molecule has 1 N–H and O–H groups in total. The Morgan fingerprint density at radius 3 is 2.19 bits per heavy atom. The van der Waals surface area contributed by atoms with Gasteiger partial charge in [-0.05, 0) is 43.7 Å². The normalized spacial score (nSPS) is 12.2. The standard InChI is InChI=1S/C21H25Cl2N3O4S/c1-14-7-5-8-16(11-14)26(31(4,29)30)13-20(27)25(15(2)21(28)24-3)12-17-18(22)9-6-10-19(17)23/h5-11,15H,12-13H2,1-4H3,(H,24,28). The highest BCUT2D eigenvalue weighted by Crippen LogP contribution is 2.27. The van der Waals surface area contributed by atoms with E-state index in [1.807, 2.05) is 13.0 Å². The summed E-state index contributed by atoms with van der Waals surface area (Å²) < 4.78 is 25.9. The van der Waals surface area contributed by atoms with Crippen LogP contribution in [0.4, 0.5) is 5.69 Å². The Bertz CT molecular complexity index is 1060. The maximum absolute atomic E-state index is 13.3. The van der Waals surface area contributed by atoms with E-state index in [9.17, 15) is 18.0 Å². The first kappa shape index (κ1) is 25.0. The lowest BCUT2D eigenvalue weighted by atomic mass is 10.1. The van der Waals surface area contributed by atoms with Crippen LogP contribution < -0.4 is 9.62 Å². The zero-order valence-electron chi connectivity index (χ0n) is 17.7. The molecule has 0 spiro atoms. The number of nitrogens with one attached hydrogen (secondary N) is 1. The monoisotopic (exact) mass is 485 g/mol. The van der Waals surface area contributed by atoms with E-state index >= 15 is 0 Å². The summed E-state index contributed by atoms with van der Waals surface area (Å²) in [5, 5.41) is 3.19. The van der Waals surface area contributed by atoms with Gasteiger partial charge in [-0.2, -0.15) is 0 Å². The minimum atomic E-state index is -3.77. The van der Waals surface area contributed by atoms with E-state index in [1.54, 1.807) is 43.3 Å². The van der Waals surface area contributed by atoms with Crippen molar-refractivity contribution in [1.82, 2.24) is 10.2 Å². The maximum Gasteiger partial charge on any atom is 0.244 e. The zero-order chi connectivity index (χ0) is 23.3. The van der Waals surface area contributed by atoms with Crippen LogP contribution in [0.5, 0.6) is 0 Å². The Morgan fingerprint density at radius 1 is 1.10 bits per heavy atom. The second-order valence-electron chi connectivity index (χ2n) is 7.12.